The summed E-state index contributed by atoms with van der Waals surface area (Å²) in [6.07, 6.45) is 1.63. The van der Waals surface area contributed by atoms with E-state index in [0.29, 0.717) is 12.3 Å². The summed E-state index contributed by atoms with van der Waals surface area (Å²) in [5, 5.41) is 9.01. The van der Waals surface area contributed by atoms with Crippen LogP contribution in [0.5, 0.6) is 0 Å². The van der Waals surface area contributed by atoms with Crippen molar-refractivity contribution in [3.05, 3.63) is 11.8 Å². The van der Waals surface area contributed by atoms with Gasteiger partial charge in [-0.3, -0.25) is 4.55 Å². The predicted octanol–water partition coefficient (Wildman–Crippen LogP) is 2.11. The largest absolute Gasteiger partial charge is 0.444 e. The Bertz CT molecular complexity index is 1050. The minimum atomic E-state index is -4.84. The number of amides is 3. The Morgan fingerprint density at radius 2 is 2.03 bits per heavy atom. The summed E-state index contributed by atoms with van der Waals surface area (Å²) < 4.78 is 47.4. The fraction of sp³-hybridized carbons (Fsp3) is 0.789. The number of carbonyl (C=O) groups excluding carboxylic acids is 2. The molecule has 1 aromatic rings. The Kier molecular flexibility index (Phi) is 5.61. The first-order valence-corrected chi connectivity index (χ1v) is 12.1. The van der Waals surface area contributed by atoms with Gasteiger partial charge < -0.3 is 19.0 Å². The summed E-state index contributed by atoms with van der Waals surface area (Å²) >= 11 is 0. The molecule has 184 valence electrons. The van der Waals surface area contributed by atoms with Crippen LogP contribution >= 0.6 is 0 Å². The number of rotatable bonds is 6. The minimum absolute atomic E-state index is 0.230. The Labute approximate surface area is 191 Å². The average molecular weight is 488 g/mol. The highest BCUT2D eigenvalue weighted by Crippen LogP contribution is 2.61. The van der Waals surface area contributed by atoms with Crippen LogP contribution in [-0.2, 0) is 19.4 Å². The summed E-state index contributed by atoms with van der Waals surface area (Å²) in [6, 6.07) is -1.70. The molecule has 0 unspecified atom stereocenters. The predicted molar refractivity (Wildman–Crippen MR) is 111 cm³/mol. The van der Waals surface area contributed by atoms with Crippen LogP contribution in [0.25, 0.3) is 0 Å². The van der Waals surface area contributed by atoms with Crippen LogP contribution in [0.2, 0.25) is 0 Å². The van der Waals surface area contributed by atoms with Gasteiger partial charge in [-0.2, -0.15) is 13.5 Å². The molecule has 1 aromatic heterocycles. The van der Waals surface area contributed by atoms with Crippen molar-refractivity contribution in [1.29, 1.82) is 0 Å². The van der Waals surface area contributed by atoms with Gasteiger partial charge in [0.15, 0.2) is 0 Å². The van der Waals surface area contributed by atoms with E-state index in [1.165, 1.54) is 9.80 Å². The molecule has 1 saturated carbocycles. The highest BCUT2D eigenvalue weighted by atomic mass is 32.3. The molecule has 0 radical (unpaired) electrons. The molecular weight excluding hydrogens is 458 g/mol. The molecule has 4 rings (SSSR count). The van der Waals surface area contributed by atoms with Gasteiger partial charge in [0, 0.05) is 20.1 Å². The third-order valence-electron chi connectivity index (χ3n) is 6.25. The second-order valence-electron chi connectivity index (χ2n) is 10.1. The third-order valence-corrected chi connectivity index (χ3v) is 6.60. The monoisotopic (exact) mass is 487 g/mol. The van der Waals surface area contributed by atoms with E-state index in [1.54, 1.807) is 27.8 Å². The molecule has 2 aliphatic heterocycles. The van der Waals surface area contributed by atoms with Gasteiger partial charge in [-0.05, 0) is 45.4 Å². The van der Waals surface area contributed by atoms with Crippen LogP contribution in [-0.4, -0.2) is 81.9 Å². The maximum Gasteiger partial charge on any atom is 0.418 e. The Morgan fingerprint density at radius 1 is 1.36 bits per heavy atom. The van der Waals surface area contributed by atoms with Crippen LogP contribution in [0.3, 0.4) is 0 Å². The van der Waals surface area contributed by atoms with Gasteiger partial charge in [-0.15, -0.1) is 14.5 Å². The number of hydrogen-bond donors (Lipinski definition) is 1. The highest BCUT2D eigenvalue weighted by molar-refractivity contribution is 7.80. The normalized spacial score (nSPS) is 24.8. The molecule has 13 nitrogen and oxygen atoms in total. The van der Waals surface area contributed by atoms with Crippen LogP contribution in [0.1, 0.15) is 70.7 Å². The topological polar surface area (TPSA) is 156 Å². The standard InChI is InChI=1S/C19H29N5O8S/c1-11(9-22(5)17(26)31-18(2,3)4)14-20-21-15(30-14)12-8-19(6-7-19)13-10-23(12)16(25)24(13)32-33(27,28)29/h11-13H,6-10H2,1-5H3,(H,27,28,29)/t11-,12-,13-/m0/s1. The zero-order valence-electron chi connectivity index (χ0n) is 19.2. The number of ether oxygens (including phenoxy) is 1. The number of urea groups is 1. The van der Waals surface area contributed by atoms with Crippen molar-refractivity contribution < 1.29 is 36.0 Å². The minimum Gasteiger partial charge on any atom is -0.444 e. The number of fused-ring (bicyclic) bond motifs is 3. The zero-order valence-corrected chi connectivity index (χ0v) is 20.0. The van der Waals surface area contributed by atoms with Gasteiger partial charge in [0.1, 0.15) is 11.6 Å². The molecule has 14 heteroatoms. The fourth-order valence-electron chi connectivity index (χ4n) is 4.52. The van der Waals surface area contributed by atoms with E-state index >= 15 is 0 Å². The molecule has 3 atom stereocenters. The fourth-order valence-corrected chi connectivity index (χ4v) is 4.89. The Balaban J connectivity index is 1.48. The summed E-state index contributed by atoms with van der Waals surface area (Å²) in [4.78, 5) is 27.9. The summed E-state index contributed by atoms with van der Waals surface area (Å²) in [6.45, 7) is 7.71. The number of carbonyl (C=O) groups is 2. The average Bonchev–Trinajstić information content (AvgIpc) is 3.16. The molecule has 2 bridgehead atoms. The van der Waals surface area contributed by atoms with Gasteiger partial charge in [0.2, 0.25) is 11.8 Å². The van der Waals surface area contributed by atoms with Crippen molar-refractivity contribution in [1.82, 2.24) is 25.1 Å². The van der Waals surface area contributed by atoms with Gasteiger partial charge in [-0.25, -0.2) is 9.59 Å². The lowest BCUT2D eigenvalue weighted by Gasteiger charge is -2.34. The molecule has 33 heavy (non-hydrogen) atoms. The molecular formula is C19H29N5O8S. The van der Waals surface area contributed by atoms with E-state index in [4.69, 9.17) is 13.7 Å². The van der Waals surface area contributed by atoms with E-state index in [1.807, 2.05) is 6.92 Å². The second kappa shape index (κ2) is 7.81. The molecule has 3 fully saturated rings. The first-order chi connectivity index (χ1) is 15.2. The molecule has 0 aromatic carbocycles. The quantitative estimate of drug-likeness (QED) is 0.590. The van der Waals surface area contributed by atoms with E-state index in [-0.39, 0.29) is 30.3 Å². The van der Waals surface area contributed by atoms with E-state index < -0.39 is 40.2 Å². The molecule has 1 N–H and O–H groups in total. The number of piperidine rings is 1. The smallest absolute Gasteiger partial charge is 0.418 e. The summed E-state index contributed by atoms with van der Waals surface area (Å²) in [7, 11) is -3.22. The summed E-state index contributed by atoms with van der Waals surface area (Å²) in [5.41, 5.74) is -0.936. The number of hydroxylamine groups is 2. The van der Waals surface area contributed by atoms with Gasteiger partial charge in [0.05, 0.1) is 12.0 Å². The molecule has 3 amide bonds. The van der Waals surface area contributed by atoms with Crippen LogP contribution in [0.15, 0.2) is 4.42 Å². The Hall–Kier alpha value is -2.45. The maximum atomic E-state index is 12.8. The van der Waals surface area contributed by atoms with Gasteiger partial charge in [0.25, 0.3) is 0 Å². The molecule has 2 saturated heterocycles. The first-order valence-electron chi connectivity index (χ1n) is 10.7. The SMILES string of the molecule is C[C@@H](CN(C)C(=O)OC(C)(C)C)c1nnc([C@@H]2CC3(CC3)[C@@H]3CN2C(=O)N3OS(=O)(=O)O)o1. The van der Waals surface area contributed by atoms with E-state index in [9.17, 15) is 18.0 Å². The lowest BCUT2D eigenvalue weighted by molar-refractivity contribution is -0.0530. The van der Waals surface area contributed by atoms with Crippen molar-refractivity contribution in [2.75, 3.05) is 20.1 Å². The van der Waals surface area contributed by atoms with Crippen LogP contribution < -0.4 is 0 Å². The highest BCUT2D eigenvalue weighted by Gasteiger charge is 2.65. The van der Waals surface area contributed by atoms with Crippen LogP contribution in [0.4, 0.5) is 9.59 Å². The van der Waals surface area contributed by atoms with Crippen molar-refractivity contribution >= 4 is 22.5 Å². The maximum absolute atomic E-state index is 12.8. The molecule has 1 spiro atoms. The lowest BCUT2D eigenvalue weighted by atomic mass is 9.85. The first kappa shape index (κ1) is 23.7. The number of aromatic nitrogens is 2. The van der Waals surface area contributed by atoms with Crippen LogP contribution in [0, 0.1) is 5.41 Å². The molecule has 1 aliphatic carbocycles. The van der Waals surface area contributed by atoms with Gasteiger partial charge in [-0.1, -0.05) is 6.92 Å². The van der Waals surface area contributed by atoms with Crippen molar-refractivity contribution in [2.24, 2.45) is 5.41 Å². The Morgan fingerprint density at radius 3 is 2.61 bits per heavy atom. The van der Waals surface area contributed by atoms with Crippen molar-refractivity contribution in [3.63, 3.8) is 0 Å². The van der Waals surface area contributed by atoms with Crippen molar-refractivity contribution in [2.45, 2.75) is 70.6 Å². The number of nitrogens with zero attached hydrogens (tertiary/aromatic N) is 5. The zero-order chi connectivity index (χ0) is 24.3. The molecule has 3 heterocycles. The van der Waals surface area contributed by atoms with Gasteiger partial charge >= 0.3 is 22.5 Å². The number of likely N-dealkylation sites (N-methyl/N-ethyl adjacent to an activating group) is 1. The van der Waals surface area contributed by atoms with Crippen molar-refractivity contribution in [3.8, 4) is 0 Å². The molecule has 3 aliphatic rings. The number of hydrogen-bond acceptors (Lipinski definition) is 9. The van der Waals surface area contributed by atoms with E-state index in [0.717, 1.165) is 17.9 Å². The second-order valence-corrected chi connectivity index (χ2v) is 11.1. The van der Waals surface area contributed by atoms with E-state index in [2.05, 4.69) is 14.5 Å². The third kappa shape index (κ3) is 4.77. The lowest BCUT2D eigenvalue weighted by Crippen LogP contribution is -2.43. The summed E-state index contributed by atoms with van der Waals surface area (Å²) in [5.74, 6) is 0.261.